The van der Waals surface area contributed by atoms with Gasteiger partial charge in [0.15, 0.2) is 11.6 Å². The second kappa shape index (κ2) is 4.71. The summed E-state index contributed by atoms with van der Waals surface area (Å²) in [5.41, 5.74) is 0.801. The van der Waals surface area contributed by atoms with Gasteiger partial charge in [-0.3, -0.25) is 10.1 Å². The first kappa shape index (κ1) is 11.9. The molecule has 2 atom stereocenters. The van der Waals surface area contributed by atoms with Crippen molar-refractivity contribution in [3.8, 4) is 5.75 Å². The fourth-order valence-electron chi connectivity index (χ4n) is 1.91. The van der Waals surface area contributed by atoms with Crippen molar-refractivity contribution in [2.75, 3.05) is 13.7 Å². The lowest BCUT2D eigenvalue weighted by Crippen LogP contribution is -2.52. The fraction of sp³-hybridized carbons (Fsp3) is 0.417. The van der Waals surface area contributed by atoms with Crippen molar-refractivity contribution in [3.05, 3.63) is 29.6 Å². The number of benzene rings is 1. The minimum atomic E-state index is -0.392. The molecule has 2 rings (SSSR count). The summed E-state index contributed by atoms with van der Waals surface area (Å²) in [6.45, 7) is 2.25. The first-order valence-corrected chi connectivity index (χ1v) is 5.49. The van der Waals surface area contributed by atoms with Crippen LogP contribution in [0.5, 0.6) is 5.75 Å². The topological polar surface area (TPSA) is 50.4 Å². The predicted molar refractivity (Wildman–Crippen MR) is 61.3 cm³/mol. The van der Waals surface area contributed by atoms with E-state index in [-0.39, 0.29) is 23.7 Å². The maximum Gasteiger partial charge on any atom is 0.236 e. The van der Waals surface area contributed by atoms with Gasteiger partial charge in [-0.1, -0.05) is 6.07 Å². The third kappa shape index (κ3) is 2.39. The summed E-state index contributed by atoms with van der Waals surface area (Å²) < 4.78 is 18.4. The van der Waals surface area contributed by atoms with Gasteiger partial charge in [-0.25, -0.2) is 4.39 Å². The highest BCUT2D eigenvalue weighted by Crippen LogP contribution is 2.22. The number of amides is 1. The molecule has 5 heteroatoms. The number of halogens is 1. The molecule has 0 aromatic heterocycles. The number of nitrogens with one attached hydrogen (secondary N) is 2. The Morgan fingerprint density at radius 1 is 1.47 bits per heavy atom. The van der Waals surface area contributed by atoms with Crippen LogP contribution in [0.1, 0.15) is 18.5 Å². The molecule has 4 nitrogen and oxygen atoms in total. The fourth-order valence-corrected chi connectivity index (χ4v) is 1.91. The molecule has 0 aliphatic carbocycles. The molecule has 17 heavy (non-hydrogen) atoms. The van der Waals surface area contributed by atoms with Crippen molar-refractivity contribution in [3.63, 3.8) is 0 Å². The monoisotopic (exact) mass is 238 g/mol. The van der Waals surface area contributed by atoms with Gasteiger partial charge in [0.25, 0.3) is 0 Å². The number of piperazine rings is 1. The average molecular weight is 238 g/mol. The second-order valence-electron chi connectivity index (χ2n) is 4.08. The lowest BCUT2D eigenvalue weighted by atomic mass is 10.0. The molecule has 1 fully saturated rings. The van der Waals surface area contributed by atoms with Gasteiger partial charge < -0.3 is 10.1 Å². The van der Waals surface area contributed by atoms with E-state index in [1.165, 1.54) is 13.2 Å². The van der Waals surface area contributed by atoms with E-state index in [2.05, 4.69) is 10.6 Å². The van der Waals surface area contributed by atoms with Crippen LogP contribution in [0, 0.1) is 5.82 Å². The number of carbonyl (C=O) groups excluding carboxylic acids is 1. The molecular weight excluding hydrogens is 223 g/mol. The smallest absolute Gasteiger partial charge is 0.236 e. The minimum absolute atomic E-state index is 0.0322. The second-order valence-corrected chi connectivity index (χ2v) is 4.08. The third-order valence-electron chi connectivity index (χ3n) is 2.90. The van der Waals surface area contributed by atoms with Gasteiger partial charge in [-0.15, -0.1) is 0 Å². The summed E-state index contributed by atoms with van der Waals surface area (Å²) in [6.07, 6.45) is 0. The molecule has 0 bridgehead atoms. The zero-order valence-corrected chi connectivity index (χ0v) is 9.79. The molecule has 1 aliphatic rings. The first-order chi connectivity index (χ1) is 8.11. The zero-order valence-electron chi connectivity index (χ0n) is 9.79. The molecule has 1 heterocycles. The van der Waals surface area contributed by atoms with Gasteiger partial charge in [0.05, 0.1) is 19.2 Å². The van der Waals surface area contributed by atoms with Crippen molar-refractivity contribution in [2.24, 2.45) is 0 Å². The van der Waals surface area contributed by atoms with Crippen LogP contribution in [-0.4, -0.2) is 25.6 Å². The molecule has 1 aromatic rings. The van der Waals surface area contributed by atoms with Crippen molar-refractivity contribution in [1.82, 2.24) is 10.6 Å². The third-order valence-corrected chi connectivity index (χ3v) is 2.90. The van der Waals surface area contributed by atoms with Crippen LogP contribution in [-0.2, 0) is 4.79 Å². The zero-order chi connectivity index (χ0) is 12.4. The van der Waals surface area contributed by atoms with E-state index in [9.17, 15) is 9.18 Å². The van der Waals surface area contributed by atoms with Crippen LogP contribution >= 0.6 is 0 Å². The van der Waals surface area contributed by atoms with Crippen LogP contribution < -0.4 is 15.4 Å². The van der Waals surface area contributed by atoms with E-state index in [0.29, 0.717) is 6.54 Å². The highest BCUT2D eigenvalue weighted by molar-refractivity contribution is 5.82. The Morgan fingerprint density at radius 3 is 2.82 bits per heavy atom. The number of carbonyl (C=O) groups is 1. The van der Waals surface area contributed by atoms with E-state index < -0.39 is 5.82 Å². The van der Waals surface area contributed by atoms with E-state index in [1.807, 2.05) is 0 Å². The maximum atomic E-state index is 13.5. The lowest BCUT2D eigenvalue weighted by Gasteiger charge is -2.29. The average Bonchev–Trinajstić information content (AvgIpc) is 2.32. The van der Waals surface area contributed by atoms with Gasteiger partial charge in [-0.05, 0) is 24.6 Å². The summed E-state index contributed by atoms with van der Waals surface area (Å²) in [6, 6.07) is 4.49. The quantitative estimate of drug-likeness (QED) is 0.807. The number of methoxy groups -OCH3 is 1. The Labute approximate surface area is 99.2 Å². The van der Waals surface area contributed by atoms with E-state index in [4.69, 9.17) is 4.74 Å². The van der Waals surface area contributed by atoms with Crippen molar-refractivity contribution in [2.45, 2.75) is 19.0 Å². The van der Waals surface area contributed by atoms with Crippen molar-refractivity contribution < 1.29 is 13.9 Å². The standard InChI is InChI=1S/C12H15FN2O2/c1-7-12(16)14-6-10(15-7)8-3-4-11(17-2)9(13)5-8/h3-5,7,10,15H,6H2,1-2H3,(H,14,16). The van der Waals surface area contributed by atoms with Crippen LogP contribution in [0.4, 0.5) is 4.39 Å². The minimum Gasteiger partial charge on any atom is -0.494 e. The van der Waals surface area contributed by atoms with Crippen LogP contribution in [0.3, 0.4) is 0 Å². The molecule has 0 saturated carbocycles. The lowest BCUT2D eigenvalue weighted by molar-refractivity contribution is -0.124. The highest BCUT2D eigenvalue weighted by atomic mass is 19.1. The summed E-state index contributed by atoms with van der Waals surface area (Å²) >= 11 is 0. The van der Waals surface area contributed by atoms with Gasteiger partial charge >= 0.3 is 0 Å². The largest absolute Gasteiger partial charge is 0.494 e. The van der Waals surface area contributed by atoms with Gasteiger partial charge in [0.1, 0.15) is 0 Å². The van der Waals surface area contributed by atoms with Crippen LogP contribution in [0.25, 0.3) is 0 Å². The van der Waals surface area contributed by atoms with E-state index in [1.54, 1.807) is 19.1 Å². The van der Waals surface area contributed by atoms with Crippen LogP contribution in [0.15, 0.2) is 18.2 Å². The molecule has 2 unspecified atom stereocenters. The van der Waals surface area contributed by atoms with E-state index in [0.717, 1.165) is 5.56 Å². The molecule has 1 saturated heterocycles. The van der Waals surface area contributed by atoms with Crippen LogP contribution in [0.2, 0.25) is 0 Å². The molecule has 2 N–H and O–H groups in total. The molecular formula is C12H15FN2O2. The summed E-state index contributed by atoms with van der Waals surface area (Å²) in [7, 11) is 1.43. The molecule has 1 aromatic carbocycles. The van der Waals surface area contributed by atoms with Gasteiger partial charge in [0.2, 0.25) is 5.91 Å². The molecule has 92 valence electrons. The Balaban J connectivity index is 2.18. The normalized spacial score (nSPS) is 24.3. The molecule has 0 radical (unpaired) electrons. The maximum absolute atomic E-state index is 13.5. The molecule has 1 aliphatic heterocycles. The van der Waals surface area contributed by atoms with E-state index >= 15 is 0 Å². The van der Waals surface area contributed by atoms with Crippen molar-refractivity contribution >= 4 is 5.91 Å². The predicted octanol–water partition coefficient (Wildman–Crippen LogP) is 0.983. The number of hydrogen-bond donors (Lipinski definition) is 2. The molecule has 1 amide bonds. The summed E-state index contributed by atoms with van der Waals surface area (Å²) in [5.74, 6) is -0.201. The Kier molecular flexibility index (Phi) is 3.28. The van der Waals surface area contributed by atoms with Gasteiger partial charge in [0, 0.05) is 6.54 Å². The SMILES string of the molecule is COc1ccc(C2CNC(=O)C(C)N2)cc1F. The Hall–Kier alpha value is -1.62. The first-order valence-electron chi connectivity index (χ1n) is 5.49. The number of rotatable bonds is 2. The number of hydrogen-bond acceptors (Lipinski definition) is 3. The number of ether oxygens (including phenoxy) is 1. The Morgan fingerprint density at radius 2 is 2.24 bits per heavy atom. The summed E-state index contributed by atoms with van der Waals surface area (Å²) in [4.78, 5) is 11.3. The summed E-state index contributed by atoms with van der Waals surface area (Å²) in [5, 5.41) is 5.90. The van der Waals surface area contributed by atoms with Gasteiger partial charge in [-0.2, -0.15) is 0 Å². The van der Waals surface area contributed by atoms with Crippen molar-refractivity contribution in [1.29, 1.82) is 0 Å². The highest BCUT2D eigenvalue weighted by Gasteiger charge is 2.25. The molecule has 0 spiro atoms. The Bertz CT molecular complexity index is 437.